The van der Waals surface area contributed by atoms with Gasteiger partial charge in [0.05, 0.1) is 11.5 Å². The molecule has 0 amide bonds. The Kier molecular flexibility index (Phi) is 6.64. The summed E-state index contributed by atoms with van der Waals surface area (Å²) in [4.78, 5) is 1.97. The monoisotopic (exact) mass is 376 g/mol. The van der Waals surface area contributed by atoms with Gasteiger partial charge in [-0.25, -0.2) is 8.42 Å². The summed E-state index contributed by atoms with van der Waals surface area (Å²) >= 11 is 11.4. The largest absolute Gasteiger partial charge is 0.385 e. The fourth-order valence-corrected chi connectivity index (χ4v) is 4.79. The summed E-state index contributed by atoms with van der Waals surface area (Å²) in [5.74, 6) is 0.379. The van der Waals surface area contributed by atoms with Crippen molar-refractivity contribution in [2.75, 3.05) is 37.1 Å². The summed E-state index contributed by atoms with van der Waals surface area (Å²) in [5.41, 5.74) is 0.831. The van der Waals surface area contributed by atoms with Gasteiger partial charge in [0, 0.05) is 37.0 Å². The Morgan fingerprint density at radius 3 is 2.70 bits per heavy atom. The Balaban J connectivity index is 2.05. The zero-order valence-corrected chi connectivity index (χ0v) is 15.4. The molecule has 0 aromatic heterocycles. The van der Waals surface area contributed by atoms with Crippen molar-refractivity contribution in [1.82, 2.24) is 4.90 Å². The number of rotatable bonds is 6. The number of sulfone groups is 1. The molecule has 128 valence electrons. The summed E-state index contributed by atoms with van der Waals surface area (Å²) < 4.78 is 28.6. The van der Waals surface area contributed by atoms with Crippen LogP contribution in [0.4, 0.5) is 5.69 Å². The van der Waals surface area contributed by atoms with E-state index < -0.39 is 9.84 Å². The van der Waals surface area contributed by atoms with E-state index in [0.29, 0.717) is 29.7 Å². The number of hydrogen-bond acceptors (Lipinski definition) is 4. The van der Waals surface area contributed by atoms with Gasteiger partial charge in [-0.05, 0) is 49.3 Å². The molecule has 1 heterocycles. The zero-order valence-electron chi connectivity index (χ0n) is 13.0. The first kappa shape index (κ1) is 18.4. The highest BCUT2D eigenvalue weighted by atomic mass is 35.5. The van der Waals surface area contributed by atoms with E-state index in [1.165, 1.54) is 0 Å². The lowest BCUT2D eigenvalue weighted by atomic mass is 10.2. The van der Waals surface area contributed by atoms with Crippen LogP contribution in [0.1, 0.15) is 12.8 Å². The third-order valence-electron chi connectivity index (χ3n) is 3.75. The summed E-state index contributed by atoms with van der Waals surface area (Å²) in [6.07, 6.45) is 1.40. The molecule has 1 aliphatic rings. The van der Waals surface area contributed by atoms with E-state index in [1.54, 1.807) is 19.2 Å². The highest BCUT2D eigenvalue weighted by molar-refractivity contribution is 7.91. The molecular weight excluding hydrogens is 356 g/mol. The van der Waals surface area contributed by atoms with Gasteiger partial charge in [-0.1, -0.05) is 11.6 Å². The van der Waals surface area contributed by atoms with Gasteiger partial charge in [0.1, 0.15) is 0 Å². The number of thiocarbonyl (C=S) groups is 1. The smallest absolute Gasteiger partial charge is 0.173 e. The zero-order chi connectivity index (χ0) is 16.9. The molecule has 1 atom stereocenters. The minimum Gasteiger partial charge on any atom is -0.385 e. The van der Waals surface area contributed by atoms with Crippen molar-refractivity contribution in [2.24, 2.45) is 0 Å². The minimum atomic E-state index is -2.96. The predicted octanol–water partition coefficient (Wildman–Crippen LogP) is 2.56. The maximum atomic E-state index is 11.8. The maximum absolute atomic E-state index is 11.8. The normalized spacial score (nSPS) is 19.5. The molecule has 1 aromatic carbocycles. The highest BCUT2D eigenvalue weighted by Gasteiger charge is 2.33. The molecule has 1 saturated heterocycles. The second kappa shape index (κ2) is 8.28. The fraction of sp³-hybridized carbons (Fsp3) is 0.533. The van der Waals surface area contributed by atoms with E-state index >= 15 is 0 Å². The maximum Gasteiger partial charge on any atom is 0.173 e. The van der Waals surface area contributed by atoms with Crippen molar-refractivity contribution in [3.05, 3.63) is 29.3 Å². The molecule has 8 heteroatoms. The highest BCUT2D eigenvalue weighted by Crippen LogP contribution is 2.20. The lowest BCUT2D eigenvalue weighted by molar-refractivity contribution is 0.181. The van der Waals surface area contributed by atoms with Gasteiger partial charge in [-0.3, -0.25) is 0 Å². The van der Waals surface area contributed by atoms with Crippen molar-refractivity contribution in [3.8, 4) is 0 Å². The van der Waals surface area contributed by atoms with Crippen molar-refractivity contribution in [3.63, 3.8) is 0 Å². The second-order valence-corrected chi connectivity index (χ2v) is 8.59. The lowest BCUT2D eigenvalue weighted by Gasteiger charge is -2.31. The molecule has 1 fully saturated rings. The van der Waals surface area contributed by atoms with E-state index in [0.717, 1.165) is 12.1 Å². The number of halogens is 1. The van der Waals surface area contributed by atoms with Crippen LogP contribution >= 0.6 is 23.8 Å². The number of anilines is 1. The van der Waals surface area contributed by atoms with E-state index in [4.69, 9.17) is 28.6 Å². The van der Waals surface area contributed by atoms with E-state index in [-0.39, 0.29) is 17.5 Å². The molecular formula is C15H21ClN2O3S2. The van der Waals surface area contributed by atoms with Gasteiger partial charge >= 0.3 is 0 Å². The summed E-state index contributed by atoms with van der Waals surface area (Å²) in [5, 5.41) is 4.35. The first-order chi connectivity index (χ1) is 10.9. The van der Waals surface area contributed by atoms with Crippen molar-refractivity contribution in [2.45, 2.75) is 18.9 Å². The van der Waals surface area contributed by atoms with Gasteiger partial charge in [-0.15, -0.1) is 0 Å². The molecule has 0 bridgehead atoms. The molecule has 0 spiro atoms. The first-order valence-corrected chi connectivity index (χ1v) is 10.0. The number of benzene rings is 1. The van der Waals surface area contributed by atoms with Crippen molar-refractivity contribution < 1.29 is 13.2 Å². The van der Waals surface area contributed by atoms with Crippen LogP contribution in [0.2, 0.25) is 5.02 Å². The predicted molar refractivity (Wildman–Crippen MR) is 97.9 cm³/mol. The van der Waals surface area contributed by atoms with Gasteiger partial charge in [0.2, 0.25) is 0 Å². The Hall–Kier alpha value is -0.890. The Labute approximate surface area is 147 Å². The second-order valence-electron chi connectivity index (χ2n) is 5.53. The van der Waals surface area contributed by atoms with Crippen LogP contribution in [-0.4, -0.2) is 56.2 Å². The average molecular weight is 377 g/mol. The summed E-state index contributed by atoms with van der Waals surface area (Å²) in [6, 6.07) is 7.16. The minimum absolute atomic E-state index is 0.0795. The van der Waals surface area contributed by atoms with E-state index in [2.05, 4.69) is 5.32 Å². The molecule has 1 N–H and O–H groups in total. The third kappa shape index (κ3) is 5.60. The van der Waals surface area contributed by atoms with Crippen molar-refractivity contribution in [1.29, 1.82) is 0 Å². The molecule has 1 aliphatic heterocycles. The Bertz CT molecular complexity index is 635. The quantitative estimate of drug-likeness (QED) is 0.608. The molecule has 2 rings (SSSR count). The van der Waals surface area contributed by atoms with Crippen molar-refractivity contribution >= 4 is 44.5 Å². The number of ether oxygens (including phenoxy) is 1. The Morgan fingerprint density at radius 2 is 2.13 bits per heavy atom. The van der Waals surface area contributed by atoms with Crippen LogP contribution in [0.3, 0.4) is 0 Å². The average Bonchev–Trinajstić information content (AvgIpc) is 2.86. The van der Waals surface area contributed by atoms with E-state index in [9.17, 15) is 8.42 Å². The molecule has 0 saturated carbocycles. The number of hydrogen-bond donors (Lipinski definition) is 1. The number of nitrogens with one attached hydrogen (secondary N) is 1. The summed E-state index contributed by atoms with van der Waals surface area (Å²) in [6.45, 7) is 1.27. The van der Waals surface area contributed by atoms with Gasteiger partial charge in [0.15, 0.2) is 14.9 Å². The van der Waals surface area contributed by atoms with Crippen LogP contribution in [-0.2, 0) is 14.6 Å². The van der Waals surface area contributed by atoms with Crippen LogP contribution in [0, 0.1) is 0 Å². The fourth-order valence-electron chi connectivity index (χ4n) is 2.58. The molecule has 0 unspecified atom stereocenters. The number of methoxy groups -OCH3 is 1. The molecule has 0 radical (unpaired) electrons. The van der Waals surface area contributed by atoms with Crippen LogP contribution in [0.25, 0.3) is 0 Å². The molecule has 5 nitrogen and oxygen atoms in total. The topological polar surface area (TPSA) is 58.6 Å². The SMILES string of the molecule is COCCCN(C(=S)Nc1ccc(Cl)cc1)[C@@H]1CCS(=O)(=O)C1. The lowest BCUT2D eigenvalue weighted by Crippen LogP contribution is -2.44. The van der Waals surface area contributed by atoms with Gasteiger partial charge < -0.3 is 15.0 Å². The standard InChI is InChI=1S/C15H21ClN2O3S2/c1-21-9-2-8-18(14-7-10-23(19,20)11-14)15(22)17-13-5-3-12(16)4-6-13/h3-6,14H,2,7-11H2,1H3,(H,17,22)/t14-/m1/s1. The third-order valence-corrected chi connectivity index (χ3v) is 6.09. The molecule has 23 heavy (non-hydrogen) atoms. The van der Waals surface area contributed by atoms with Crippen LogP contribution in [0.15, 0.2) is 24.3 Å². The first-order valence-electron chi connectivity index (χ1n) is 7.44. The molecule has 0 aliphatic carbocycles. The van der Waals surface area contributed by atoms with E-state index in [1.807, 2.05) is 17.0 Å². The van der Waals surface area contributed by atoms with Gasteiger partial charge in [-0.2, -0.15) is 0 Å². The van der Waals surface area contributed by atoms with Crippen LogP contribution < -0.4 is 5.32 Å². The summed E-state index contributed by atoms with van der Waals surface area (Å²) in [7, 11) is -1.31. The Morgan fingerprint density at radius 1 is 1.43 bits per heavy atom. The number of nitrogens with zero attached hydrogens (tertiary/aromatic N) is 1. The molecule has 1 aromatic rings. The van der Waals surface area contributed by atoms with Gasteiger partial charge in [0.25, 0.3) is 0 Å². The van der Waals surface area contributed by atoms with Crippen LogP contribution in [0.5, 0.6) is 0 Å².